The van der Waals surface area contributed by atoms with Crippen LogP contribution in [0.2, 0.25) is 0 Å². The van der Waals surface area contributed by atoms with Gasteiger partial charge in [0.2, 0.25) is 0 Å². The molecule has 0 aliphatic carbocycles. The van der Waals surface area contributed by atoms with Crippen LogP contribution in [0.4, 0.5) is 0 Å². The molecular weight excluding hydrogens is 264 g/mol. The summed E-state index contributed by atoms with van der Waals surface area (Å²) < 4.78 is 29.0. The highest BCUT2D eigenvalue weighted by Gasteiger charge is 2.31. The minimum absolute atomic E-state index is 0.0835. The lowest BCUT2D eigenvalue weighted by Crippen LogP contribution is -2.52. The van der Waals surface area contributed by atoms with Crippen molar-refractivity contribution >= 4 is 10.2 Å². The normalized spacial score (nSPS) is 22.0. The molecule has 0 aromatic rings. The van der Waals surface area contributed by atoms with Crippen molar-refractivity contribution in [3.05, 3.63) is 0 Å². The summed E-state index contributed by atoms with van der Waals surface area (Å²) in [5, 5.41) is 3.08. The molecule has 0 bridgehead atoms. The Bertz CT molecular complexity index is 346. The minimum Gasteiger partial charge on any atom is -0.318 e. The first-order valence-electron chi connectivity index (χ1n) is 7.10. The van der Waals surface area contributed by atoms with Crippen LogP contribution in [0.15, 0.2) is 0 Å². The van der Waals surface area contributed by atoms with Gasteiger partial charge in [0.1, 0.15) is 0 Å². The zero-order valence-corrected chi connectivity index (χ0v) is 13.2. The van der Waals surface area contributed by atoms with E-state index in [2.05, 4.69) is 21.9 Å². The molecule has 1 saturated heterocycles. The molecule has 1 aliphatic heterocycles. The summed E-state index contributed by atoms with van der Waals surface area (Å²) in [5.74, 6) is 0. The molecule has 1 unspecified atom stereocenters. The molecule has 19 heavy (non-hydrogen) atoms. The van der Waals surface area contributed by atoms with Gasteiger partial charge in [-0.25, -0.2) is 4.72 Å². The summed E-state index contributed by atoms with van der Waals surface area (Å²) in [6, 6.07) is 0.0835. The number of nitrogens with zero attached hydrogens (tertiary/aromatic N) is 2. The van der Waals surface area contributed by atoms with Gasteiger partial charge in [-0.15, -0.1) is 0 Å². The van der Waals surface area contributed by atoms with E-state index in [0.29, 0.717) is 13.1 Å². The molecule has 0 aromatic carbocycles. The maximum atomic E-state index is 12.3. The molecule has 0 radical (unpaired) electrons. The lowest BCUT2D eigenvalue weighted by Gasteiger charge is -2.34. The first-order valence-corrected chi connectivity index (χ1v) is 8.54. The molecule has 114 valence electrons. The molecule has 0 aromatic heterocycles. The van der Waals surface area contributed by atoms with E-state index in [4.69, 9.17) is 0 Å². The molecule has 7 heteroatoms. The zero-order valence-electron chi connectivity index (χ0n) is 12.4. The fourth-order valence-corrected chi connectivity index (χ4v) is 3.79. The maximum Gasteiger partial charge on any atom is 0.279 e. The Labute approximate surface area is 117 Å². The average molecular weight is 292 g/mol. The van der Waals surface area contributed by atoms with Gasteiger partial charge in [0, 0.05) is 32.2 Å². The van der Waals surface area contributed by atoms with Gasteiger partial charge in [0.15, 0.2) is 0 Å². The topological polar surface area (TPSA) is 64.7 Å². The van der Waals surface area contributed by atoms with Crippen LogP contribution in [0.5, 0.6) is 0 Å². The molecule has 2 N–H and O–H groups in total. The third-order valence-electron chi connectivity index (χ3n) is 3.64. The summed E-state index contributed by atoms with van der Waals surface area (Å²) in [6.45, 7) is 5.53. The minimum atomic E-state index is -3.34. The van der Waals surface area contributed by atoms with Crippen molar-refractivity contribution in [1.29, 1.82) is 0 Å². The van der Waals surface area contributed by atoms with Crippen LogP contribution in [0.3, 0.4) is 0 Å². The van der Waals surface area contributed by atoms with E-state index in [-0.39, 0.29) is 6.04 Å². The van der Waals surface area contributed by atoms with Crippen LogP contribution >= 0.6 is 0 Å². The molecule has 1 rings (SSSR count). The van der Waals surface area contributed by atoms with Crippen molar-refractivity contribution in [2.24, 2.45) is 0 Å². The summed E-state index contributed by atoms with van der Waals surface area (Å²) >= 11 is 0. The average Bonchev–Trinajstić information content (AvgIpc) is 2.39. The maximum absolute atomic E-state index is 12.3. The molecule has 1 fully saturated rings. The van der Waals surface area contributed by atoms with Crippen molar-refractivity contribution in [2.75, 3.05) is 46.8 Å². The van der Waals surface area contributed by atoms with Crippen molar-refractivity contribution < 1.29 is 8.42 Å². The van der Waals surface area contributed by atoms with Crippen LogP contribution in [0.1, 0.15) is 26.2 Å². The smallest absolute Gasteiger partial charge is 0.279 e. The Morgan fingerprint density at radius 3 is 2.74 bits per heavy atom. The number of hydrogen-bond donors (Lipinski definition) is 2. The van der Waals surface area contributed by atoms with Crippen molar-refractivity contribution in [1.82, 2.24) is 19.2 Å². The van der Waals surface area contributed by atoms with Crippen molar-refractivity contribution in [3.63, 3.8) is 0 Å². The molecule has 1 heterocycles. The first-order chi connectivity index (χ1) is 9.01. The second kappa shape index (κ2) is 8.16. The van der Waals surface area contributed by atoms with Gasteiger partial charge in [-0.05, 0) is 33.5 Å². The monoisotopic (exact) mass is 292 g/mol. The molecule has 0 saturated carbocycles. The van der Waals surface area contributed by atoms with E-state index in [1.54, 1.807) is 4.31 Å². The highest BCUT2D eigenvalue weighted by atomic mass is 32.2. The highest BCUT2D eigenvalue weighted by Crippen LogP contribution is 2.19. The Morgan fingerprint density at radius 1 is 1.37 bits per heavy atom. The summed E-state index contributed by atoms with van der Waals surface area (Å²) in [7, 11) is 0.507. The van der Waals surface area contributed by atoms with Crippen molar-refractivity contribution in [3.8, 4) is 0 Å². The molecule has 1 aliphatic rings. The quantitative estimate of drug-likeness (QED) is 0.653. The van der Waals surface area contributed by atoms with Crippen LogP contribution in [0.25, 0.3) is 0 Å². The van der Waals surface area contributed by atoms with Gasteiger partial charge >= 0.3 is 0 Å². The van der Waals surface area contributed by atoms with Crippen LogP contribution in [-0.2, 0) is 10.2 Å². The van der Waals surface area contributed by atoms with Crippen LogP contribution < -0.4 is 10.0 Å². The van der Waals surface area contributed by atoms with Gasteiger partial charge in [-0.3, -0.25) is 0 Å². The summed E-state index contributed by atoms with van der Waals surface area (Å²) in [4.78, 5) is 2.09. The highest BCUT2D eigenvalue weighted by molar-refractivity contribution is 7.87. The number of piperidine rings is 1. The fourth-order valence-electron chi connectivity index (χ4n) is 2.34. The van der Waals surface area contributed by atoms with Gasteiger partial charge in [-0.2, -0.15) is 12.7 Å². The van der Waals surface area contributed by atoms with E-state index in [1.807, 2.05) is 14.1 Å². The second-order valence-corrected chi connectivity index (χ2v) is 6.82. The molecule has 6 nitrogen and oxygen atoms in total. The SMILES string of the molecule is CCN(C)CCNS(=O)(=O)N1CCCCC1CNC. The van der Waals surface area contributed by atoms with Crippen LogP contribution in [0, 0.1) is 0 Å². The third kappa shape index (κ3) is 5.35. The predicted octanol–water partition coefficient (Wildman–Crippen LogP) is -0.154. The molecule has 0 amide bonds. The molecule has 1 atom stereocenters. The zero-order chi connectivity index (χ0) is 14.3. The fraction of sp³-hybridized carbons (Fsp3) is 1.00. The molecular formula is C12H28N4O2S. The number of rotatable bonds is 8. The number of nitrogens with one attached hydrogen (secondary N) is 2. The van der Waals surface area contributed by atoms with Gasteiger partial charge in [0.05, 0.1) is 0 Å². The Balaban J connectivity index is 2.53. The van der Waals surface area contributed by atoms with E-state index < -0.39 is 10.2 Å². The second-order valence-electron chi connectivity index (χ2n) is 5.11. The van der Waals surface area contributed by atoms with E-state index in [0.717, 1.165) is 38.9 Å². The molecule has 0 spiro atoms. The van der Waals surface area contributed by atoms with Gasteiger partial charge in [-0.1, -0.05) is 13.3 Å². The van der Waals surface area contributed by atoms with Gasteiger partial charge < -0.3 is 10.2 Å². The van der Waals surface area contributed by atoms with Crippen LogP contribution in [-0.4, -0.2) is 70.5 Å². The predicted molar refractivity (Wildman–Crippen MR) is 78.4 cm³/mol. The number of hydrogen-bond acceptors (Lipinski definition) is 4. The first kappa shape index (κ1) is 16.8. The Hall–Kier alpha value is -0.210. The summed E-state index contributed by atoms with van der Waals surface area (Å²) in [6.07, 6.45) is 3.00. The lowest BCUT2D eigenvalue weighted by atomic mass is 10.1. The number of likely N-dealkylation sites (N-methyl/N-ethyl adjacent to an activating group) is 2. The van der Waals surface area contributed by atoms with Crippen molar-refractivity contribution in [2.45, 2.75) is 32.2 Å². The van der Waals surface area contributed by atoms with E-state index >= 15 is 0 Å². The van der Waals surface area contributed by atoms with E-state index in [1.165, 1.54) is 0 Å². The van der Waals surface area contributed by atoms with E-state index in [9.17, 15) is 8.42 Å². The standard InChI is InChI=1S/C12H28N4O2S/c1-4-15(3)10-8-14-19(17,18)16-9-6-5-7-12(16)11-13-2/h12-14H,4-11H2,1-3H3. The Morgan fingerprint density at radius 2 is 2.11 bits per heavy atom. The summed E-state index contributed by atoms with van der Waals surface area (Å²) in [5.41, 5.74) is 0. The lowest BCUT2D eigenvalue weighted by molar-refractivity contribution is 0.245. The third-order valence-corrected chi connectivity index (χ3v) is 5.31. The van der Waals surface area contributed by atoms with Gasteiger partial charge in [0.25, 0.3) is 10.2 Å². The largest absolute Gasteiger partial charge is 0.318 e. The Kier molecular flexibility index (Phi) is 7.23.